The molecule has 5 heteroatoms. The predicted molar refractivity (Wildman–Crippen MR) is 91.4 cm³/mol. The van der Waals surface area contributed by atoms with Gasteiger partial charge in [0.05, 0.1) is 6.61 Å². The summed E-state index contributed by atoms with van der Waals surface area (Å²) >= 11 is 0. The number of hydrogen-bond donors (Lipinski definition) is 1. The van der Waals surface area contributed by atoms with Gasteiger partial charge in [-0.05, 0) is 52.1 Å². The van der Waals surface area contributed by atoms with Crippen LogP contribution in [0.1, 0.15) is 45.4 Å². The molecule has 2 aliphatic rings. The third-order valence-electron chi connectivity index (χ3n) is 5.10. The molecule has 2 heterocycles. The molecular formula is C18H32N2O3. The second kappa shape index (κ2) is 9.40. The number of piperidine rings is 1. The molecule has 1 atom stereocenters. The van der Waals surface area contributed by atoms with Gasteiger partial charge in [0.15, 0.2) is 0 Å². The quantitative estimate of drug-likeness (QED) is 0.549. The highest BCUT2D eigenvalue weighted by atomic mass is 16.5. The van der Waals surface area contributed by atoms with Crippen LogP contribution in [0.3, 0.4) is 0 Å². The number of hydrogen-bond acceptors (Lipinski definition) is 4. The topological polar surface area (TPSA) is 50.8 Å². The van der Waals surface area contributed by atoms with Crippen molar-refractivity contribution in [3.05, 3.63) is 12.7 Å². The van der Waals surface area contributed by atoms with Gasteiger partial charge in [0.1, 0.15) is 6.10 Å². The van der Waals surface area contributed by atoms with E-state index < -0.39 is 6.10 Å². The van der Waals surface area contributed by atoms with E-state index in [9.17, 15) is 4.79 Å². The number of amides is 1. The molecule has 2 saturated heterocycles. The average molecular weight is 324 g/mol. The fourth-order valence-electron chi connectivity index (χ4n) is 3.52. The van der Waals surface area contributed by atoms with E-state index in [0.717, 1.165) is 45.6 Å². The molecule has 5 nitrogen and oxygen atoms in total. The zero-order valence-corrected chi connectivity index (χ0v) is 14.5. The van der Waals surface area contributed by atoms with E-state index in [1.54, 1.807) is 6.08 Å². The molecule has 2 rings (SSSR count). The second-order valence-electron chi connectivity index (χ2n) is 6.69. The molecule has 1 amide bonds. The van der Waals surface area contributed by atoms with Crippen molar-refractivity contribution in [2.75, 3.05) is 39.5 Å². The minimum absolute atomic E-state index is 0.0167. The van der Waals surface area contributed by atoms with Crippen LogP contribution in [0.2, 0.25) is 0 Å². The second-order valence-corrected chi connectivity index (χ2v) is 6.69. The summed E-state index contributed by atoms with van der Waals surface area (Å²) in [6.45, 7) is 10.6. The van der Waals surface area contributed by atoms with Crippen LogP contribution < -0.4 is 5.32 Å². The van der Waals surface area contributed by atoms with Gasteiger partial charge in [0, 0.05) is 25.3 Å². The van der Waals surface area contributed by atoms with E-state index in [1.165, 1.54) is 19.3 Å². The Morgan fingerprint density at radius 2 is 2.04 bits per heavy atom. The van der Waals surface area contributed by atoms with Gasteiger partial charge in [-0.15, -0.1) is 6.58 Å². The highest BCUT2D eigenvalue weighted by Crippen LogP contribution is 2.30. The first-order valence-electron chi connectivity index (χ1n) is 9.01. The summed E-state index contributed by atoms with van der Waals surface area (Å²) in [5.41, 5.74) is 0.0646. The molecule has 0 bridgehead atoms. The van der Waals surface area contributed by atoms with E-state index in [4.69, 9.17) is 9.47 Å². The molecule has 132 valence electrons. The summed E-state index contributed by atoms with van der Waals surface area (Å²) in [6, 6.07) is 0. The van der Waals surface area contributed by atoms with Crippen molar-refractivity contribution < 1.29 is 14.3 Å². The molecule has 0 aromatic carbocycles. The number of likely N-dealkylation sites (tertiary alicyclic amines) is 1. The Morgan fingerprint density at radius 3 is 2.70 bits per heavy atom. The molecular weight excluding hydrogens is 292 g/mol. The molecule has 0 aromatic rings. The fraction of sp³-hybridized carbons (Fsp3) is 0.833. The van der Waals surface area contributed by atoms with Crippen LogP contribution in [-0.2, 0) is 14.3 Å². The van der Waals surface area contributed by atoms with Crippen LogP contribution in [0.25, 0.3) is 0 Å². The van der Waals surface area contributed by atoms with E-state index >= 15 is 0 Å². The minimum atomic E-state index is -0.409. The SMILES string of the molecule is C=CCCOC(C)C(=O)NCC1(N2CCCCC2)CCOCC1. The van der Waals surface area contributed by atoms with Crippen LogP contribution in [0.15, 0.2) is 12.7 Å². The number of nitrogens with zero attached hydrogens (tertiary/aromatic N) is 1. The lowest BCUT2D eigenvalue weighted by Gasteiger charge is -2.48. The summed E-state index contributed by atoms with van der Waals surface area (Å²) in [6.07, 6.45) is 8.01. The lowest BCUT2D eigenvalue weighted by Crippen LogP contribution is -2.60. The molecule has 1 unspecified atom stereocenters. The Bertz CT molecular complexity index is 374. The van der Waals surface area contributed by atoms with Crippen molar-refractivity contribution in [3.63, 3.8) is 0 Å². The van der Waals surface area contributed by atoms with Crippen molar-refractivity contribution in [1.29, 1.82) is 0 Å². The van der Waals surface area contributed by atoms with E-state index in [-0.39, 0.29) is 11.4 Å². The molecule has 0 saturated carbocycles. The minimum Gasteiger partial charge on any atom is -0.381 e. The highest BCUT2D eigenvalue weighted by molar-refractivity contribution is 5.80. The third kappa shape index (κ3) is 5.30. The maximum absolute atomic E-state index is 12.3. The number of nitrogens with one attached hydrogen (secondary N) is 1. The van der Waals surface area contributed by atoms with Gasteiger partial charge in [-0.2, -0.15) is 0 Å². The Labute approximate surface area is 140 Å². The van der Waals surface area contributed by atoms with Crippen LogP contribution in [0.4, 0.5) is 0 Å². The summed E-state index contributed by atoms with van der Waals surface area (Å²) < 4.78 is 11.1. The van der Waals surface area contributed by atoms with Gasteiger partial charge in [-0.3, -0.25) is 9.69 Å². The smallest absolute Gasteiger partial charge is 0.248 e. The number of carbonyl (C=O) groups excluding carboxylic acids is 1. The highest BCUT2D eigenvalue weighted by Gasteiger charge is 2.39. The number of carbonyl (C=O) groups is 1. The monoisotopic (exact) mass is 324 g/mol. The van der Waals surface area contributed by atoms with Gasteiger partial charge in [-0.1, -0.05) is 12.5 Å². The largest absolute Gasteiger partial charge is 0.381 e. The molecule has 2 fully saturated rings. The first-order valence-corrected chi connectivity index (χ1v) is 9.01. The van der Waals surface area contributed by atoms with Crippen molar-refractivity contribution in [2.45, 2.75) is 57.1 Å². The van der Waals surface area contributed by atoms with Gasteiger partial charge >= 0.3 is 0 Å². The van der Waals surface area contributed by atoms with Crippen LogP contribution in [0, 0.1) is 0 Å². The van der Waals surface area contributed by atoms with Gasteiger partial charge in [-0.25, -0.2) is 0 Å². The summed E-state index contributed by atoms with van der Waals surface area (Å²) in [7, 11) is 0. The molecule has 0 spiro atoms. The van der Waals surface area contributed by atoms with Crippen molar-refractivity contribution in [2.24, 2.45) is 0 Å². The zero-order valence-electron chi connectivity index (χ0n) is 14.5. The van der Waals surface area contributed by atoms with Crippen molar-refractivity contribution >= 4 is 5.91 Å². The van der Waals surface area contributed by atoms with Crippen LogP contribution in [-0.4, -0.2) is 61.9 Å². The molecule has 0 aliphatic carbocycles. The number of rotatable bonds is 8. The first-order chi connectivity index (χ1) is 11.2. The Morgan fingerprint density at radius 1 is 1.35 bits per heavy atom. The Hall–Kier alpha value is -0.910. The maximum Gasteiger partial charge on any atom is 0.248 e. The first kappa shape index (κ1) is 18.4. The van der Waals surface area contributed by atoms with Crippen LogP contribution in [0.5, 0.6) is 0 Å². The van der Waals surface area contributed by atoms with E-state index in [2.05, 4.69) is 16.8 Å². The molecule has 0 radical (unpaired) electrons. The standard InChI is InChI=1S/C18H32N2O3/c1-3-4-12-23-16(2)17(21)19-15-18(8-13-22-14-9-18)20-10-6-5-7-11-20/h3,16H,1,4-15H2,2H3,(H,19,21). The molecule has 2 aliphatic heterocycles. The molecule has 23 heavy (non-hydrogen) atoms. The van der Waals surface area contributed by atoms with Gasteiger partial charge in [0.2, 0.25) is 5.91 Å². The summed E-state index contributed by atoms with van der Waals surface area (Å²) in [5, 5.41) is 3.13. The fourth-order valence-corrected chi connectivity index (χ4v) is 3.52. The maximum atomic E-state index is 12.3. The lowest BCUT2D eigenvalue weighted by molar-refractivity contribution is -0.133. The van der Waals surface area contributed by atoms with E-state index in [0.29, 0.717) is 13.2 Å². The lowest BCUT2D eigenvalue weighted by atomic mass is 9.86. The van der Waals surface area contributed by atoms with Gasteiger partial charge < -0.3 is 14.8 Å². The molecule has 1 N–H and O–H groups in total. The third-order valence-corrected chi connectivity index (χ3v) is 5.10. The van der Waals surface area contributed by atoms with Crippen molar-refractivity contribution in [3.8, 4) is 0 Å². The number of ether oxygens (including phenoxy) is 2. The van der Waals surface area contributed by atoms with Gasteiger partial charge in [0.25, 0.3) is 0 Å². The zero-order chi connectivity index (χ0) is 16.5. The van der Waals surface area contributed by atoms with E-state index in [1.807, 2.05) is 6.92 Å². The average Bonchev–Trinajstić information content (AvgIpc) is 2.61. The molecule has 0 aromatic heterocycles. The Balaban J connectivity index is 1.87. The Kier molecular flexibility index (Phi) is 7.53. The van der Waals surface area contributed by atoms with Crippen LogP contribution >= 0.6 is 0 Å². The predicted octanol–water partition coefficient (Wildman–Crippen LogP) is 2.12. The summed E-state index contributed by atoms with van der Waals surface area (Å²) in [5.74, 6) is -0.0167. The van der Waals surface area contributed by atoms with Crippen molar-refractivity contribution in [1.82, 2.24) is 10.2 Å². The summed E-state index contributed by atoms with van der Waals surface area (Å²) in [4.78, 5) is 14.9. The normalized spacial score (nSPS) is 23.2.